The molecule has 1 N–H and O–H groups in total. The van der Waals surface area contributed by atoms with Gasteiger partial charge in [-0.1, -0.05) is 6.07 Å². The molecule has 0 aromatic heterocycles. The Balaban J connectivity index is 1.76. The van der Waals surface area contributed by atoms with Crippen molar-refractivity contribution in [3.8, 4) is 17.6 Å². The van der Waals surface area contributed by atoms with E-state index in [0.717, 1.165) is 0 Å². The van der Waals surface area contributed by atoms with Crippen LogP contribution in [0.3, 0.4) is 0 Å². The topological polar surface area (TPSA) is 62.5 Å². The van der Waals surface area contributed by atoms with Crippen LogP contribution in [-0.4, -0.2) is 24.4 Å². The van der Waals surface area contributed by atoms with E-state index in [4.69, 9.17) is 14.7 Å². The maximum Gasteiger partial charge on any atom is 0.126 e. The first-order valence-corrected chi connectivity index (χ1v) is 6.37. The summed E-state index contributed by atoms with van der Waals surface area (Å²) in [5, 5.41) is 18.4. The Labute approximate surface area is 122 Å². The molecule has 0 saturated heterocycles. The zero-order chi connectivity index (χ0) is 15.1. The largest absolute Gasteiger partial charge is 0.491 e. The van der Waals surface area contributed by atoms with E-state index in [2.05, 4.69) is 0 Å². The van der Waals surface area contributed by atoms with Gasteiger partial charge in [0.05, 0.1) is 11.6 Å². The molecule has 21 heavy (non-hydrogen) atoms. The number of hydrogen-bond acceptors (Lipinski definition) is 4. The fourth-order valence-electron chi connectivity index (χ4n) is 1.62. The molecule has 2 rings (SSSR count). The summed E-state index contributed by atoms with van der Waals surface area (Å²) >= 11 is 0. The van der Waals surface area contributed by atoms with Gasteiger partial charge in [0.2, 0.25) is 0 Å². The van der Waals surface area contributed by atoms with E-state index in [0.29, 0.717) is 17.1 Å². The molecule has 0 aliphatic rings. The zero-order valence-corrected chi connectivity index (χ0v) is 11.2. The summed E-state index contributed by atoms with van der Waals surface area (Å²) in [5.41, 5.74) is 0.539. The molecule has 1 atom stereocenters. The summed E-state index contributed by atoms with van der Waals surface area (Å²) in [6.07, 6.45) is -0.844. The van der Waals surface area contributed by atoms with Crippen LogP contribution in [0.25, 0.3) is 0 Å². The van der Waals surface area contributed by atoms with E-state index < -0.39 is 11.9 Å². The lowest BCUT2D eigenvalue weighted by atomic mass is 10.2. The van der Waals surface area contributed by atoms with Crippen molar-refractivity contribution in [2.24, 2.45) is 0 Å². The molecule has 1 unspecified atom stereocenters. The van der Waals surface area contributed by atoms with E-state index in [9.17, 15) is 9.50 Å². The van der Waals surface area contributed by atoms with Crippen molar-refractivity contribution < 1.29 is 19.0 Å². The predicted molar refractivity (Wildman–Crippen MR) is 74.6 cm³/mol. The Kier molecular flexibility index (Phi) is 5.13. The Morgan fingerprint density at radius 3 is 2.33 bits per heavy atom. The second-order valence-corrected chi connectivity index (χ2v) is 4.37. The van der Waals surface area contributed by atoms with Crippen molar-refractivity contribution in [1.82, 2.24) is 0 Å². The minimum atomic E-state index is -0.844. The molecule has 0 aliphatic carbocycles. The lowest BCUT2D eigenvalue weighted by Crippen LogP contribution is -2.25. The monoisotopic (exact) mass is 287 g/mol. The van der Waals surface area contributed by atoms with Crippen molar-refractivity contribution in [1.29, 1.82) is 5.26 Å². The summed E-state index contributed by atoms with van der Waals surface area (Å²) in [4.78, 5) is 0. The van der Waals surface area contributed by atoms with Gasteiger partial charge in [-0.15, -0.1) is 0 Å². The molecule has 0 bridgehead atoms. The predicted octanol–water partition coefficient (Wildman–Crippen LogP) is 2.52. The minimum absolute atomic E-state index is 0.000265. The first kappa shape index (κ1) is 14.8. The second-order valence-electron chi connectivity index (χ2n) is 4.37. The van der Waals surface area contributed by atoms with Gasteiger partial charge in [0, 0.05) is 6.07 Å². The number of aliphatic hydroxyl groups is 1. The number of aliphatic hydroxyl groups excluding tert-OH is 1. The molecule has 4 nitrogen and oxygen atoms in total. The van der Waals surface area contributed by atoms with Gasteiger partial charge in [-0.2, -0.15) is 5.26 Å². The highest BCUT2D eigenvalue weighted by Crippen LogP contribution is 2.13. The van der Waals surface area contributed by atoms with Crippen molar-refractivity contribution in [2.45, 2.75) is 6.10 Å². The number of nitriles is 1. The van der Waals surface area contributed by atoms with Crippen LogP contribution in [0.2, 0.25) is 0 Å². The third-order valence-corrected chi connectivity index (χ3v) is 2.66. The molecular formula is C16H14FNO3. The molecule has 0 aliphatic heterocycles. The summed E-state index contributed by atoms with van der Waals surface area (Å²) in [6, 6.07) is 14.3. The van der Waals surface area contributed by atoms with Crippen LogP contribution in [0, 0.1) is 17.1 Å². The van der Waals surface area contributed by atoms with Crippen LogP contribution in [-0.2, 0) is 0 Å². The SMILES string of the molecule is N#Cc1ccc(OCC(O)COc2cccc(F)c2)cc1. The van der Waals surface area contributed by atoms with Crippen molar-refractivity contribution in [3.05, 3.63) is 59.9 Å². The van der Waals surface area contributed by atoms with Crippen molar-refractivity contribution >= 4 is 0 Å². The van der Waals surface area contributed by atoms with Crippen LogP contribution >= 0.6 is 0 Å². The number of rotatable bonds is 6. The van der Waals surface area contributed by atoms with Crippen LogP contribution in [0.5, 0.6) is 11.5 Å². The highest BCUT2D eigenvalue weighted by Gasteiger charge is 2.07. The lowest BCUT2D eigenvalue weighted by molar-refractivity contribution is 0.0625. The Hall–Kier alpha value is -2.58. The quantitative estimate of drug-likeness (QED) is 0.886. The maximum absolute atomic E-state index is 12.9. The first-order chi connectivity index (χ1) is 10.2. The van der Waals surface area contributed by atoms with Crippen molar-refractivity contribution in [3.63, 3.8) is 0 Å². The Bertz CT molecular complexity index is 622. The van der Waals surface area contributed by atoms with Gasteiger partial charge < -0.3 is 14.6 Å². The van der Waals surface area contributed by atoms with Crippen LogP contribution < -0.4 is 9.47 Å². The molecule has 5 heteroatoms. The van der Waals surface area contributed by atoms with E-state index in [1.54, 1.807) is 30.3 Å². The number of halogens is 1. The minimum Gasteiger partial charge on any atom is -0.491 e. The molecule has 0 heterocycles. The van der Waals surface area contributed by atoms with E-state index >= 15 is 0 Å². The number of hydrogen-bond donors (Lipinski definition) is 1. The summed E-state index contributed by atoms with van der Waals surface area (Å²) in [7, 11) is 0. The molecular weight excluding hydrogens is 273 g/mol. The smallest absolute Gasteiger partial charge is 0.126 e. The normalized spacial score (nSPS) is 11.5. The second kappa shape index (κ2) is 7.27. The number of ether oxygens (including phenoxy) is 2. The fraction of sp³-hybridized carbons (Fsp3) is 0.188. The lowest BCUT2D eigenvalue weighted by Gasteiger charge is -2.13. The van der Waals surface area contributed by atoms with Crippen molar-refractivity contribution in [2.75, 3.05) is 13.2 Å². The van der Waals surface area contributed by atoms with Gasteiger partial charge in [-0.25, -0.2) is 4.39 Å². The molecule has 0 amide bonds. The average Bonchev–Trinajstić information content (AvgIpc) is 2.51. The molecule has 2 aromatic carbocycles. The standard InChI is InChI=1S/C16H14FNO3/c17-13-2-1-3-16(8-13)21-11-14(19)10-20-15-6-4-12(9-18)5-7-15/h1-8,14,19H,10-11H2. The molecule has 0 spiro atoms. The molecule has 2 aromatic rings. The fourth-order valence-corrected chi connectivity index (χ4v) is 1.62. The highest BCUT2D eigenvalue weighted by molar-refractivity contribution is 5.34. The average molecular weight is 287 g/mol. The Morgan fingerprint density at radius 1 is 1.05 bits per heavy atom. The summed E-state index contributed by atoms with van der Waals surface area (Å²) in [6.45, 7) is 0.0426. The molecule has 0 radical (unpaired) electrons. The molecule has 108 valence electrons. The van der Waals surface area contributed by atoms with Gasteiger partial charge >= 0.3 is 0 Å². The van der Waals surface area contributed by atoms with E-state index in [-0.39, 0.29) is 13.2 Å². The molecule has 0 fully saturated rings. The number of nitrogens with zero attached hydrogens (tertiary/aromatic N) is 1. The van der Waals surface area contributed by atoms with Gasteiger partial charge in [0.25, 0.3) is 0 Å². The zero-order valence-electron chi connectivity index (χ0n) is 11.2. The third kappa shape index (κ3) is 4.79. The van der Waals surface area contributed by atoms with Gasteiger partial charge in [-0.05, 0) is 36.4 Å². The van der Waals surface area contributed by atoms with E-state index in [1.807, 2.05) is 6.07 Å². The van der Waals surface area contributed by atoms with Gasteiger partial charge in [0.15, 0.2) is 0 Å². The third-order valence-electron chi connectivity index (χ3n) is 2.66. The van der Waals surface area contributed by atoms with Crippen LogP contribution in [0.4, 0.5) is 4.39 Å². The highest BCUT2D eigenvalue weighted by atomic mass is 19.1. The maximum atomic E-state index is 12.9. The van der Waals surface area contributed by atoms with Crippen LogP contribution in [0.15, 0.2) is 48.5 Å². The Morgan fingerprint density at radius 2 is 1.71 bits per heavy atom. The summed E-state index contributed by atoms with van der Waals surface area (Å²) < 4.78 is 23.6. The van der Waals surface area contributed by atoms with Gasteiger partial charge in [-0.3, -0.25) is 0 Å². The number of benzene rings is 2. The van der Waals surface area contributed by atoms with E-state index in [1.165, 1.54) is 18.2 Å². The van der Waals surface area contributed by atoms with Gasteiger partial charge in [0.1, 0.15) is 36.6 Å². The molecule has 0 saturated carbocycles. The first-order valence-electron chi connectivity index (χ1n) is 6.37. The van der Waals surface area contributed by atoms with Crippen LogP contribution in [0.1, 0.15) is 5.56 Å². The summed E-state index contributed by atoms with van der Waals surface area (Å²) in [5.74, 6) is 0.516.